The number of hydrogen-bond donors (Lipinski definition) is 2. The van der Waals surface area contributed by atoms with Crippen LogP contribution >= 0.6 is 15.9 Å². The maximum atomic E-state index is 13.7. The zero-order chi connectivity index (χ0) is 13.8. The Morgan fingerprint density at radius 3 is 2.74 bits per heavy atom. The average molecular weight is 324 g/mol. The predicted molar refractivity (Wildman–Crippen MR) is 73.9 cm³/mol. The number of halogens is 2. The number of benzene rings is 1. The summed E-state index contributed by atoms with van der Waals surface area (Å²) in [5.41, 5.74) is 6.10. The number of hydrogen-bond acceptors (Lipinski definition) is 3. The summed E-state index contributed by atoms with van der Waals surface area (Å²) < 4.78 is 14.5. The highest BCUT2D eigenvalue weighted by Gasteiger charge is 2.20. The molecule has 1 heterocycles. The van der Waals surface area contributed by atoms with Crippen molar-refractivity contribution in [2.75, 3.05) is 5.32 Å². The van der Waals surface area contributed by atoms with E-state index in [-0.39, 0.29) is 5.56 Å². The molecule has 6 heteroatoms. The van der Waals surface area contributed by atoms with Gasteiger partial charge >= 0.3 is 0 Å². The normalized spacial score (nSPS) is 11.9. The SMILES string of the molecule is NC(=O)[C@H](Nc1cncc(Br)c1)c1ccccc1F. The predicted octanol–water partition coefficient (Wildman–Crippen LogP) is 2.62. The lowest BCUT2D eigenvalue weighted by atomic mass is 10.1. The van der Waals surface area contributed by atoms with Gasteiger partial charge in [0, 0.05) is 16.2 Å². The fraction of sp³-hybridized carbons (Fsp3) is 0.0769. The van der Waals surface area contributed by atoms with E-state index in [4.69, 9.17) is 5.73 Å². The molecule has 1 amide bonds. The van der Waals surface area contributed by atoms with E-state index < -0.39 is 17.8 Å². The van der Waals surface area contributed by atoms with Crippen molar-refractivity contribution < 1.29 is 9.18 Å². The molecule has 0 bridgehead atoms. The van der Waals surface area contributed by atoms with Crippen LogP contribution in [0.2, 0.25) is 0 Å². The molecule has 0 spiro atoms. The second kappa shape index (κ2) is 5.79. The third-order valence-corrected chi connectivity index (χ3v) is 2.95. The molecule has 2 aromatic rings. The number of primary amides is 1. The van der Waals surface area contributed by atoms with Gasteiger partial charge < -0.3 is 11.1 Å². The molecule has 98 valence electrons. The molecular formula is C13H11BrFN3O. The summed E-state index contributed by atoms with van der Waals surface area (Å²) in [6.07, 6.45) is 3.13. The molecule has 2 rings (SSSR count). The average Bonchev–Trinajstić information content (AvgIpc) is 2.37. The van der Waals surface area contributed by atoms with Crippen LogP contribution in [0.5, 0.6) is 0 Å². The van der Waals surface area contributed by atoms with E-state index >= 15 is 0 Å². The number of anilines is 1. The summed E-state index contributed by atoms with van der Waals surface area (Å²) in [6.45, 7) is 0. The lowest BCUT2D eigenvalue weighted by Gasteiger charge is -2.17. The molecule has 4 nitrogen and oxygen atoms in total. The molecule has 0 fully saturated rings. The van der Waals surface area contributed by atoms with Gasteiger partial charge in [0.05, 0.1) is 11.9 Å². The number of amides is 1. The number of nitrogens with one attached hydrogen (secondary N) is 1. The molecule has 0 aliphatic heterocycles. The quantitative estimate of drug-likeness (QED) is 0.908. The molecule has 0 saturated heterocycles. The highest BCUT2D eigenvalue weighted by molar-refractivity contribution is 9.10. The van der Waals surface area contributed by atoms with Gasteiger partial charge in [0.15, 0.2) is 0 Å². The van der Waals surface area contributed by atoms with Crippen molar-refractivity contribution in [1.82, 2.24) is 4.98 Å². The molecular weight excluding hydrogens is 313 g/mol. The van der Waals surface area contributed by atoms with Crippen LogP contribution in [0.1, 0.15) is 11.6 Å². The zero-order valence-electron chi connectivity index (χ0n) is 9.81. The van der Waals surface area contributed by atoms with Crippen LogP contribution in [0, 0.1) is 5.82 Å². The maximum Gasteiger partial charge on any atom is 0.244 e. The molecule has 19 heavy (non-hydrogen) atoms. The third kappa shape index (κ3) is 3.29. The van der Waals surface area contributed by atoms with Gasteiger partial charge in [0.1, 0.15) is 11.9 Å². The minimum absolute atomic E-state index is 0.204. The molecule has 1 aromatic heterocycles. The van der Waals surface area contributed by atoms with Crippen molar-refractivity contribution in [2.45, 2.75) is 6.04 Å². The first kappa shape index (κ1) is 13.5. The molecule has 1 aromatic carbocycles. The van der Waals surface area contributed by atoms with Crippen molar-refractivity contribution in [2.24, 2.45) is 5.73 Å². The third-order valence-electron chi connectivity index (χ3n) is 2.52. The van der Waals surface area contributed by atoms with E-state index in [1.807, 2.05) is 0 Å². The Hall–Kier alpha value is -1.95. The standard InChI is InChI=1S/C13H11BrFN3O/c14-8-5-9(7-17-6-8)18-12(13(16)19)10-3-1-2-4-11(10)15/h1-7,12,18H,(H2,16,19)/t12-/m1/s1. The number of rotatable bonds is 4. The van der Waals surface area contributed by atoms with Crippen molar-refractivity contribution >= 4 is 27.5 Å². The van der Waals surface area contributed by atoms with Gasteiger partial charge in [-0.2, -0.15) is 0 Å². The lowest BCUT2D eigenvalue weighted by molar-refractivity contribution is -0.118. The van der Waals surface area contributed by atoms with Crippen LogP contribution in [0.3, 0.4) is 0 Å². The highest BCUT2D eigenvalue weighted by atomic mass is 79.9. The molecule has 3 N–H and O–H groups in total. The minimum Gasteiger partial charge on any atom is -0.369 e. The minimum atomic E-state index is -0.947. The summed E-state index contributed by atoms with van der Waals surface area (Å²) in [6, 6.07) is 6.78. The largest absolute Gasteiger partial charge is 0.369 e. The van der Waals surface area contributed by atoms with Gasteiger partial charge in [-0.15, -0.1) is 0 Å². The number of pyridine rings is 1. The van der Waals surface area contributed by atoms with Gasteiger partial charge in [0.25, 0.3) is 0 Å². The molecule has 1 atom stereocenters. The van der Waals surface area contributed by atoms with E-state index in [0.717, 1.165) is 4.47 Å². The van der Waals surface area contributed by atoms with Gasteiger partial charge in [-0.25, -0.2) is 4.39 Å². The first-order chi connectivity index (χ1) is 9.08. The van der Waals surface area contributed by atoms with E-state index in [9.17, 15) is 9.18 Å². The van der Waals surface area contributed by atoms with Gasteiger partial charge in [-0.3, -0.25) is 9.78 Å². The summed E-state index contributed by atoms with van der Waals surface area (Å²) in [4.78, 5) is 15.5. The second-order valence-electron chi connectivity index (χ2n) is 3.89. The maximum absolute atomic E-state index is 13.7. The van der Waals surface area contributed by atoms with Crippen LogP contribution in [-0.2, 0) is 4.79 Å². The van der Waals surface area contributed by atoms with E-state index in [0.29, 0.717) is 5.69 Å². The summed E-state index contributed by atoms with van der Waals surface area (Å²) >= 11 is 3.27. The number of nitrogens with two attached hydrogens (primary N) is 1. The lowest BCUT2D eigenvalue weighted by Crippen LogP contribution is -2.28. The smallest absolute Gasteiger partial charge is 0.244 e. The first-order valence-corrected chi connectivity index (χ1v) is 6.28. The first-order valence-electron chi connectivity index (χ1n) is 5.49. The Morgan fingerprint density at radius 1 is 1.37 bits per heavy atom. The Balaban J connectivity index is 2.32. The fourth-order valence-corrected chi connectivity index (χ4v) is 2.03. The van der Waals surface area contributed by atoms with E-state index in [1.54, 1.807) is 24.4 Å². The number of carbonyl (C=O) groups excluding carboxylic acids is 1. The van der Waals surface area contributed by atoms with Crippen molar-refractivity contribution in [3.63, 3.8) is 0 Å². The molecule has 0 aliphatic carbocycles. The Bertz CT molecular complexity index is 606. The molecule has 0 radical (unpaired) electrons. The molecule has 0 unspecified atom stereocenters. The Kier molecular flexibility index (Phi) is 4.11. The Labute approximate surface area is 118 Å². The van der Waals surface area contributed by atoms with Crippen LogP contribution < -0.4 is 11.1 Å². The monoisotopic (exact) mass is 323 g/mol. The van der Waals surface area contributed by atoms with Gasteiger partial charge in [0.2, 0.25) is 5.91 Å². The van der Waals surface area contributed by atoms with Gasteiger partial charge in [-0.1, -0.05) is 18.2 Å². The zero-order valence-corrected chi connectivity index (χ0v) is 11.4. The van der Waals surface area contributed by atoms with Crippen molar-refractivity contribution in [1.29, 1.82) is 0 Å². The van der Waals surface area contributed by atoms with E-state index in [1.165, 1.54) is 18.3 Å². The second-order valence-corrected chi connectivity index (χ2v) is 4.81. The number of carbonyl (C=O) groups is 1. The van der Waals surface area contributed by atoms with Crippen molar-refractivity contribution in [3.05, 3.63) is 58.6 Å². The summed E-state index contributed by atoms with van der Waals surface area (Å²) in [5, 5.41) is 2.87. The number of nitrogens with zero attached hydrogens (tertiary/aromatic N) is 1. The molecule has 0 saturated carbocycles. The highest BCUT2D eigenvalue weighted by Crippen LogP contribution is 2.23. The topological polar surface area (TPSA) is 68.0 Å². The van der Waals surface area contributed by atoms with Gasteiger partial charge in [-0.05, 0) is 28.1 Å². The van der Waals surface area contributed by atoms with Crippen molar-refractivity contribution in [3.8, 4) is 0 Å². The number of aromatic nitrogens is 1. The van der Waals surface area contributed by atoms with Crippen LogP contribution in [0.15, 0.2) is 47.2 Å². The van der Waals surface area contributed by atoms with E-state index in [2.05, 4.69) is 26.2 Å². The summed E-state index contributed by atoms with van der Waals surface area (Å²) in [5.74, 6) is -1.15. The van der Waals surface area contributed by atoms with Crippen LogP contribution in [-0.4, -0.2) is 10.9 Å². The Morgan fingerprint density at radius 2 is 2.11 bits per heavy atom. The van der Waals surface area contributed by atoms with Crippen LogP contribution in [0.25, 0.3) is 0 Å². The molecule has 0 aliphatic rings. The van der Waals surface area contributed by atoms with Crippen LogP contribution in [0.4, 0.5) is 10.1 Å². The fourth-order valence-electron chi connectivity index (χ4n) is 1.67. The summed E-state index contributed by atoms with van der Waals surface area (Å²) in [7, 11) is 0.